The average Bonchev–Trinajstić information content (AvgIpc) is 3.08. The fraction of sp³-hybridized carbons (Fsp3) is 0.389. The molecule has 0 unspecified atom stereocenters. The first-order valence-electron chi connectivity index (χ1n) is 8.59. The highest BCUT2D eigenvalue weighted by atomic mass is 32.2. The summed E-state index contributed by atoms with van der Waals surface area (Å²) in [5.41, 5.74) is 1.08. The van der Waals surface area contributed by atoms with Crippen LogP contribution in [-0.4, -0.2) is 41.4 Å². The van der Waals surface area contributed by atoms with Gasteiger partial charge in [-0.3, -0.25) is 18.1 Å². The van der Waals surface area contributed by atoms with Crippen molar-refractivity contribution in [1.29, 1.82) is 0 Å². The number of rotatable bonds is 7. The standard InChI is InChI=1S/C18H23N5O3S/c1-21-16-15(17(24)22(2)18(21)25)23(12-20-16)10-9-19-14(11-27(3)26)13-7-5-4-6-8-13/h4-8,12,14,19H,9-11H2,1-3H3/t14-,27+/m1/s1. The van der Waals surface area contributed by atoms with E-state index in [1.165, 1.54) is 11.6 Å². The second-order valence-electron chi connectivity index (χ2n) is 6.47. The van der Waals surface area contributed by atoms with Crippen molar-refractivity contribution in [2.45, 2.75) is 12.6 Å². The molecule has 3 rings (SSSR count). The fourth-order valence-electron chi connectivity index (χ4n) is 3.12. The van der Waals surface area contributed by atoms with Crippen molar-refractivity contribution < 1.29 is 4.21 Å². The molecule has 0 saturated heterocycles. The van der Waals surface area contributed by atoms with E-state index in [0.29, 0.717) is 30.0 Å². The van der Waals surface area contributed by atoms with Gasteiger partial charge in [0.2, 0.25) is 0 Å². The lowest BCUT2D eigenvalue weighted by atomic mass is 10.1. The third-order valence-electron chi connectivity index (χ3n) is 4.56. The predicted molar refractivity (Wildman–Crippen MR) is 106 cm³/mol. The van der Waals surface area contributed by atoms with Crippen LogP contribution in [0.1, 0.15) is 11.6 Å². The van der Waals surface area contributed by atoms with Crippen LogP contribution in [0.5, 0.6) is 0 Å². The number of aryl methyl sites for hydroxylation is 1. The van der Waals surface area contributed by atoms with Gasteiger partial charge >= 0.3 is 5.69 Å². The van der Waals surface area contributed by atoms with Crippen molar-refractivity contribution in [3.8, 4) is 0 Å². The lowest BCUT2D eigenvalue weighted by Crippen LogP contribution is -2.38. The van der Waals surface area contributed by atoms with E-state index in [4.69, 9.17) is 0 Å². The third-order valence-corrected chi connectivity index (χ3v) is 5.37. The maximum absolute atomic E-state index is 12.5. The second-order valence-corrected chi connectivity index (χ2v) is 7.95. The molecule has 144 valence electrons. The Morgan fingerprint density at radius 2 is 1.85 bits per heavy atom. The molecule has 3 aromatic rings. The highest BCUT2D eigenvalue weighted by Crippen LogP contribution is 2.13. The molecule has 27 heavy (non-hydrogen) atoms. The summed E-state index contributed by atoms with van der Waals surface area (Å²) in [7, 11) is 2.11. The molecule has 0 fully saturated rings. The maximum Gasteiger partial charge on any atom is 0.332 e. The Balaban J connectivity index is 1.81. The number of imidazole rings is 1. The zero-order valence-corrected chi connectivity index (χ0v) is 16.4. The third kappa shape index (κ3) is 3.93. The summed E-state index contributed by atoms with van der Waals surface area (Å²) >= 11 is 0. The first kappa shape index (κ1) is 19.2. The van der Waals surface area contributed by atoms with Crippen LogP contribution in [0.25, 0.3) is 11.2 Å². The molecule has 0 aliphatic rings. The minimum absolute atomic E-state index is 0.0426. The lowest BCUT2D eigenvalue weighted by molar-refractivity contribution is 0.536. The molecule has 0 radical (unpaired) electrons. The minimum Gasteiger partial charge on any atom is -0.323 e. The number of hydrogen-bond donors (Lipinski definition) is 1. The maximum atomic E-state index is 12.5. The molecule has 0 amide bonds. The molecule has 1 N–H and O–H groups in total. The monoisotopic (exact) mass is 389 g/mol. The van der Waals surface area contributed by atoms with Gasteiger partial charge in [-0.05, 0) is 5.56 Å². The Kier molecular flexibility index (Phi) is 5.71. The summed E-state index contributed by atoms with van der Waals surface area (Å²) in [6.45, 7) is 1.07. The quantitative estimate of drug-likeness (QED) is 0.621. The van der Waals surface area contributed by atoms with E-state index in [0.717, 1.165) is 10.1 Å². The highest BCUT2D eigenvalue weighted by molar-refractivity contribution is 7.84. The number of benzene rings is 1. The van der Waals surface area contributed by atoms with Crippen molar-refractivity contribution in [3.63, 3.8) is 0 Å². The van der Waals surface area contributed by atoms with Gasteiger partial charge in [-0.2, -0.15) is 0 Å². The molecule has 2 heterocycles. The molecule has 0 spiro atoms. The van der Waals surface area contributed by atoms with Crippen LogP contribution in [0, 0.1) is 0 Å². The number of hydrogen-bond acceptors (Lipinski definition) is 5. The van der Waals surface area contributed by atoms with E-state index in [9.17, 15) is 13.8 Å². The normalized spacial score (nSPS) is 13.7. The summed E-state index contributed by atoms with van der Waals surface area (Å²) < 4.78 is 15.9. The van der Waals surface area contributed by atoms with Crippen LogP contribution < -0.4 is 16.6 Å². The van der Waals surface area contributed by atoms with Gasteiger partial charge in [0, 0.05) is 56.0 Å². The Morgan fingerprint density at radius 3 is 2.52 bits per heavy atom. The molecular formula is C18H23N5O3S. The van der Waals surface area contributed by atoms with Gasteiger partial charge in [0.15, 0.2) is 11.2 Å². The van der Waals surface area contributed by atoms with Crippen molar-refractivity contribution in [2.75, 3.05) is 18.6 Å². The molecule has 0 aliphatic heterocycles. The molecule has 0 saturated carbocycles. The van der Waals surface area contributed by atoms with Crippen LogP contribution in [0.4, 0.5) is 0 Å². The van der Waals surface area contributed by atoms with Gasteiger partial charge < -0.3 is 9.88 Å². The van der Waals surface area contributed by atoms with E-state index < -0.39 is 16.5 Å². The topological polar surface area (TPSA) is 90.9 Å². The van der Waals surface area contributed by atoms with Crippen LogP contribution >= 0.6 is 0 Å². The second kappa shape index (κ2) is 8.01. The summed E-state index contributed by atoms with van der Waals surface area (Å²) in [4.78, 5) is 28.7. The molecule has 2 atom stereocenters. The number of fused-ring (bicyclic) bond motifs is 1. The first-order valence-corrected chi connectivity index (χ1v) is 10.3. The van der Waals surface area contributed by atoms with Crippen LogP contribution in [0.3, 0.4) is 0 Å². The molecule has 8 nitrogen and oxygen atoms in total. The van der Waals surface area contributed by atoms with Gasteiger partial charge in [-0.25, -0.2) is 9.78 Å². The van der Waals surface area contributed by atoms with Gasteiger partial charge in [-0.1, -0.05) is 30.3 Å². The zero-order valence-electron chi connectivity index (χ0n) is 15.6. The lowest BCUT2D eigenvalue weighted by Gasteiger charge is -2.18. The summed E-state index contributed by atoms with van der Waals surface area (Å²) in [6.07, 6.45) is 3.26. The van der Waals surface area contributed by atoms with Crippen LogP contribution in [-0.2, 0) is 31.4 Å². The fourth-order valence-corrected chi connectivity index (χ4v) is 3.90. The van der Waals surface area contributed by atoms with Crippen molar-refractivity contribution in [3.05, 3.63) is 63.1 Å². The first-order chi connectivity index (χ1) is 12.9. The van der Waals surface area contributed by atoms with Gasteiger partial charge in [0.25, 0.3) is 5.56 Å². The minimum atomic E-state index is -0.944. The molecule has 1 aromatic carbocycles. The Hall–Kier alpha value is -2.52. The van der Waals surface area contributed by atoms with E-state index >= 15 is 0 Å². The van der Waals surface area contributed by atoms with Crippen molar-refractivity contribution >= 4 is 22.0 Å². The average molecular weight is 389 g/mol. The van der Waals surface area contributed by atoms with Crippen LogP contribution in [0.15, 0.2) is 46.2 Å². The Morgan fingerprint density at radius 1 is 1.15 bits per heavy atom. The van der Waals surface area contributed by atoms with Crippen molar-refractivity contribution in [1.82, 2.24) is 24.0 Å². The smallest absolute Gasteiger partial charge is 0.323 e. The molecule has 0 bridgehead atoms. The summed E-state index contributed by atoms with van der Waals surface area (Å²) in [5.74, 6) is 0.505. The van der Waals surface area contributed by atoms with E-state index in [1.54, 1.807) is 24.2 Å². The number of nitrogens with one attached hydrogen (secondary N) is 1. The van der Waals surface area contributed by atoms with Crippen molar-refractivity contribution in [2.24, 2.45) is 14.1 Å². The zero-order chi connectivity index (χ0) is 19.6. The molecule has 9 heteroatoms. The SMILES string of the molecule is Cn1c(=O)c2c(ncn2CCN[C@H](C[S@](C)=O)c2ccccc2)n(C)c1=O. The molecular weight excluding hydrogens is 366 g/mol. The van der Waals surface area contributed by atoms with E-state index in [-0.39, 0.29) is 11.6 Å². The van der Waals surface area contributed by atoms with Gasteiger partial charge in [0.05, 0.1) is 6.33 Å². The van der Waals surface area contributed by atoms with E-state index in [2.05, 4.69) is 10.3 Å². The molecule has 2 aromatic heterocycles. The highest BCUT2D eigenvalue weighted by Gasteiger charge is 2.15. The van der Waals surface area contributed by atoms with E-state index in [1.807, 2.05) is 30.3 Å². The number of aromatic nitrogens is 4. The van der Waals surface area contributed by atoms with Gasteiger partial charge in [0.1, 0.15) is 0 Å². The molecule has 0 aliphatic carbocycles. The largest absolute Gasteiger partial charge is 0.332 e. The Bertz CT molecular complexity index is 1080. The summed E-state index contributed by atoms with van der Waals surface area (Å²) in [5, 5.41) is 3.41. The Labute approximate surface area is 158 Å². The van der Waals surface area contributed by atoms with Crippen LogP contribution in [0.2, 0.25) is 0 Å². The number of nitrogens with zero attached hydrogens (tertiary/aromatic N) is 4. The van der Waals surface area contributed by atoms with Gasteiger partial charge in [-0.15, -0.1) is 0 Å². The predicted octanol–water partition coefficient (Wildman–Crippen LogP) is 0.143. The summed E-state index contributed by atoms with van der Waals surface area (Å²) in [6, 6.07) is 9.82.